The Morgan fingerprint density at radius 3 is 2.18 bits per heavy atom. The van der Waals surface area contributed by atoms with E-state index in [4.69, 9.17) is 15.3 Å². The van der Waals surface area contributed by atoms with Crippen LogP contribution in [0.4, 0.5) is 0 Å². The van der Waals surface area contributed by atoms with E-state index in [0.29, 0.717) is 0 Å². The lowest BCUT2D eigenvalue weighted by molar-refractivity contribution is -0.219. The average Bonchev–Trinajstić information content (AvgIpc) is 1.88. The third-order valence-corrected chi connectivity index (χ3v) is 0.858. The van der Waals surface area contributed by atoms with Gasteiger partial charge in [-0.05, 0) is 6.92 Å². The summed E-state index contributed by atoms with van der Waals surface area (Å²) < 4.78 is 4.05. The van der Waals surface area contributed by atoms with E-state index in [-0.39, 0.29) is 6.61 Å². The number of rotatable bonds is 3. The normalized spacial score (nSPS) is 10.8. The van der Waals surface area contributed by atoms with Crippen LogP contribution in [0.25, 0.3) is 0 Å². The third kappa shape index (κ3) is 2.17. The summed E-state index contributed by atoms with van der Waals surface area (Å²) in [6, 6.07) is 0. The molecule has 0 aliphatic carbocycles. The number of hydrogen-bond donors (Lipinski definition) is 3. The molecule has 0 heterocycles. The molecular formula is C5H8O6. The van der Waals surface area contributed by atoms with E-state index >= 15 is 0 Å². The van der Waals surface area contributed by atoms with Gasteiger partial charge in [0.25, 0.3) is 0 Å². The summed E-state index contributed by atoms with van der Waals surface area (Å²) in [5.74, 6) is -7.08. The second-order valence-electron chi connectivity index (χ2n) is 1.70. The van der Waals surface area contributed by atoms with Crippen LogP contribution in [0.3, 0.4) is 0 Å². The fourth-order valence-corrected chi connectivity index (χ4v) is 0.319. The van der Waals surface area contributed by atoms with Crippen molar-refractivity contribution in [2.45, 2.75) is 12.7 Å². The highest BCUT2D eigenvalue weighted by Crippen LogP contribution is 2.01. The Labute approximate surface area is 62.0 Å². The van der Waals surface area contributed by atoms with Gasteiger partial charge in [-0.3, -0.25) is 0 Å². The van der Waals surface area contributed by atoms with Gasteiger partial charge in [0.05, 0.1) is 6.61 Å². The number of aliphatic carboxylic acids is 1. The number of carboxylic acids is 1. The first-order chi connectivity index (χ1) is 4.92. The van der Waals surface area contributed by atoms with E-state index in [1.54, 1.807) is 0 Å². The summed E-state index contributed by atoms with van der Waals surface area (Å²) in [5, 5.41) is 25.0. The van der Waals surface area contributed by atoms with E-state index in [9.17, 15) is 9.59 Å². The molecule has 0 bridgehead atoms. The van der Waals surface area contributed by atoms with Crippen LogP contribution < -0.4 is 0 Å². The van der Waals surface area contributed by atoms with E-state index in [1.165, 1.54) is 6.92 Å². The van der Waals surface area contributed by atoms with Gasteiger partial charge in [-0.15, -0.1) is 0 Å². The molecule has 0 fully saturated rings. The average molecular weight is 164 g/mol. The van der Waals surface area contributed by atoms with Crippen molar-refractivity contribution in [2.24, 2.45) is 0 Å². The molecule has 0 unspecified atom stereocenters. The van der Waals surface area contributed by atoms with E-state index in [0.717, 1.165) is 0 Å². The smallest absolute Gasteiger partial charge is 0.379 e. The monoisotopic (exact) mass is 164 g/mol. The minimum atomic E-state index is -3.43. The van der Waals surface area contributed by atoms with Gasteiger partial charge in [0.1, 0.15) is 0 Å². The van der Waals surface area contributed by atoms with Crippen molar-refractivity contribution < 1.29 is 29.6 Å². The molecule has 0 aliphatic rings. The quantitative estimate of drug-likeness (QED) is 0.261. The number of ether oxygens (including phenoxy) is 1. The molecule has 0 rings (SSSR count). The Morgan fingerprint density at radius 2 is 1.91 bits per heavy atom. The van der Waals surface area contributed by atoms with Crippen molar-refractivity contribution in [3.8, 4) is 0 Å². The molecule has 0 aromatic rings. The fraction of sp³-hybridized carbons (Fsp3) is 0.600. The predicted molar refractivity (Wildman–Crippen MR) is 31.4 cm³/mol. The molecule has 0 aromatic carbocycles. The number of carbonyl (C=O) groups excluding carboxylic acids is 1. The molecule has 6 heteroatoms. The van der Waals surface area contributed by atoms with Gasteiger partial charge in [-0.2, -0.15) is 0 Å². The zero-order valence-corrected chi connectivity index (χ0v) is 5.77. The first-order valence-corrected chi connectivity index (χ1v) is 2.78. The highest BCUT2D eigenvalue weighted by molar-refractivity contribution is 6.00. The maximum atomic E-state index is 10.4. The molecular weight excluding hydrogens is 156 g/mol. The Kier molecular flexibility index (Phi) is 2.97. The lowest BCUT2D eigenvalue weighted by Gasteiger charge is -2.13. The molecule has 0 saturated carbocycles. The molecule has 0 spiro atoms. The third-order valence-electron chi connectivity index (χ3n) is 0.858. The maximum Gasteiger partial charge on any atom is 0.379 e. The maximum absolute atomic E-state index is 10.4. The first kappa shape index (κ1) is 9.86. The first-order valence-electron chi connectivity index (χ1n) is 2.78. The zero-order chi connectivity index (χ0) is 9.07. The van der Waals surface area contributed by atoms with Crippen molar-refractivity contribution in [2.75, 3.05) is 6.61 Å². The molecule has 64 valence electrons. The molecule has 0 aromatic heterocycles. The lowest BCUT2D eigenvalue weighted by atomic mass is 10.3. The van der Waals surface area contributed by atoms with Gasteiger partial charge < -0.3 is 20.1 Å². The molecule has 3 N–H and O–H groups in total. The van der Waals surface area contributed by atoms with Crippen molar-refractivity contribution in [3.05, 3.63) is 0 Å². The number of carboxylic acid groups (broad SMARTS) is 1. The number of aliphatic hydroxyl groups is 2. The molecule has 0 atom stereocenters. The molecule has 0 saturated heterocycles. The Balaban J connectivity index is 4.30. The summed E-state index contributed by atoms with van der Waals surface area (Å²) in [7, 11) is 0. The molecule has 11 heavy (non-hydrogen) atoms. The summed E-state index contributed by atoms with van der Waals surface area (Å²) in [5.41, 5.74) is 0. The number of esters is 1. The highest BCUT2D eigenvalue weighted by Gasteiger charge is 2.44. The van der Waals surface area contributed by atoms with Gasteiger partial charge in [0.15, 0.2) is 0 Å². The Bertz CT molecular complexity index is 172. The van der Waals surface area contributed by atoms with Crippen molar-refractivity contribution in [1.82, 2.24) is 0 Å². The van der Waals surface area contributed by atoms with Crippen LogP contribution in [0.5, 0.6) is 0 Å². The number of carbonyl (C=O) groups is 2. The van der Waals surface area contributed by atoms with E-state index < -0.39 is 17.7 Å². The lowest BCUT2D eigenvalue weighted by Crippen LogP contribution is -2.47. The van der Waals surface area contributed by atoms with E-state index in [1.807, 2.05) is 0 Å². The van der Waals surface area contributed by atoms with Crippen LogP contribution in [0, 0.1) is 0 Å². The largest absolute Gasteiger partial charge is 0.477 e. The topological polar surface area (TPSA) is 104 Å². The second kappa shape index (κ2) is 3.31. The van der Waals surface area contributed by atoms with Crippen LogP contribution in [-0.2, 0) is 14.3 Å². The van der Waals surface area contributed by atoms with Crippen molar-refractivity contribution in [3.63, 3.8) is 0 Å². The Hall–Kier alpha value is -1.14. The molecule has 6 nitrogen and oxygen atoms in total. The van der Waals surface area contributed by atoms with Crippen molar-refractivity contribution in [1.29, 1.82) is 0 Å². The number of hydrogen-bond acceptors (Lipinski definition) is 5. The van der Waals surface area contributed by atoms with Gasteiger partial charge in [0.2, 0.25) is 0 Å². The van der Waals surface area contributed by atoms with Crippen LogP contribution in [0.15, 0.2) is 0 Å². The van der Waals surface area contributed by atoms with Crippen LogP contribution in [0.1, 0.15) is 6.92 Å². The predicted octanol–water partition coefficient (Wildman–Crippen LogP) is -1.69. The molecule has 0 aliphatic heterocycles. The molecule has 0 amide bonds. The minimum Gasteiger partial charge on any atom is -0.477 e. The van der Waals surface area contributed by atoms with Gasteiger partial charge in [0, 0.05) is 0 Å². The summed E-state index contributed by atoms with van der Waals surface area (Å²) in [6.45, 7) is 1.30. The zero-order valence-electron chi connectivity index (χ0n) is 5.77. The van der Waals surface area contributed by atoms with Crippen LogP contribution in [-0.4, -0.2) is 39.7 Å². The van der Waals surface area contributed by atoms with E-state index in [2.05, 4.69) is 4.74 Å². The van der Waals surface area contributed by atoms with Gasteiger partial charge in [-0.25, -0.2) is 9.59 Å². The summed E-state index contributed by atoms with van der Waals surface area (Å²) in [4.78, 5) is 20.3. The van der Waals surface area contributed by atoms with Crippen molar-refractivity contribution >= 4 is 11.9 Å². The summed E-state index contributed by atoms with van der Waals surface area (Å²) >= 11 is 0. The van der Waals surface area contributed by atoms with Gasteiger partial charge >= 0.3 is 17.7 Å². The highest BCUT2D eigenvalue weighted by atomic mass is 16.6. The Morgan fingerprint density at radius 1 is 1.45 bits per heavy atom. The van der Waals surface area contributed by atoms with Crippen LogP contribution in [0.2, 0.25) is 0 Å². The fourth-order valence-electron chi connectivity index (χ4n) is 0.319. The van der Waals surface area contributed by atoms with Gasteiger partial charge in [-0.1, -0.05) is 0 Å². The SMILES string of the molecule is CCOC(=O)C(O)(O)C(=O)O. The minimum absolute atomic E-state index is 0.116. The summed E-state index contributed by atoms with van der Waals surface area (Å²) in [6.07, 6.45) is 0. The second-order valence-corrected chi connectivity index (χ2v) is 1.70. The van der Waals surface area contributed by atoms with Crippen LogP contribution >= 0.6 is 0 Å². The molecule has 0 radical (unpaired) electrons. The standard InChI is InChI=1S/C5H8O6/c1-2-11-4(8)5(9,10)3(6)7/h9-10H,2H2,1H3,(H,6,7).